The Labute approximate surface area is 273 Å². The third-order valence-corrected chi connectivity index (χ3v) is 9.42. The first-order valence-electron chi connectivity index (χ1n) is 15.0. The summed E-state index contributed by atoms with van der Waals surface area (Å²) in [5.74, 6) is 0.582. The van der Waals surface area contributed by atoms with Crippen LogP contribution in [-0.2, 0) is 16.6 Å². The molecule has 46 heavy (non-hydrogen) atoms. The number of benzene rings is 5. The fraction of sp³-hybridized carbons (Fsp3) is 0.162. The smallest absolute Gasteiger partial charge is 0.232 e. The van der Waals surface area contributed by atoms with E-state index >= 15 is 0 Å². The standard InChI is InChI=1S/C37H34ClN3O4S/c1-46(43,44)41(25-26-10-4-2-5-11-26)36-22-28(16-19-32(36)38)37(42)24-39-33(27-12-6-3-7-13-27)20-21-45-29-17-18-31-30-14-8-9-15-34(30)40-35(31)23-29/h2-19,22-23,33,39-40H,20-21,24-25H2,1H3. The maximum absolute atomic E-state index is 13.5. The van der Waals surface area contributed by atoms with E-state index in [1.165, 1.54) is 9.69 Å². The highest BCUT2D eigenvalue weighted by Gasteiger charge is 2.23. The fourth-order valence-corrected chi connectivity index (χ4v) is 6.78. The SMILES string of the molecule is CS(=O)(=O)N(Cc1ccccc1)c1cc(C(=O)CNC(CCOc2ccc3c(c2)[nH]c2ccccc23)c2ccccc2)ccc1Cl. The first-order valence-corrected chi connectivity index (χ1v) is 17.2. The predicted octanol–water partition coefficient (Wildman–Crippen LogP) is 7.92. The highest BCUT2D eigenvalue weighted by molar-refractivity contribution is 7.92. The minimum atomic E-state index is -3.69. The van der Waals surface area contributed by atoms with Crippen molar-refractivity contribution in [2.45, 2.75) is 19.0 Å². The second-order valence-electron chi connectivity index (χ2n) is 11.2. The second kappa shape index (κ2) is 13.8. The van der Waals surface area contributed by atoms with Gasteiger partial charge >= 0.3 is 0 Å². The number of hydrogen-bond acceptors (Lipinski definition) is 5. The summed E-state index contributed by atoms with van der Waals surface area (Å²) in [7, 11) is -3.69. The second-order valence-corrected chi connectivity index (χ2v) is 13.5. The number of hydrogen-bond donors (Lipinski definition) is 2. The maximum atomic E-state index is 13.5. The number of carbonyl (C=O) groups is 1. The van der Waals surface area contributed by atoms with Crippen LogP contribution in [0.25, 0.3) is 21.8 Å². The first kappa shape index (κ1) is 31.4. The largest absolute Gasteiger partial charge is 0.493 e. The van der Waals surface area contributed by atoms with Gasteiger partial charge in [0.15, 0.2) is 5.78 Å². The minimum Gasteiger partial charge on any atom is -0.493 e. The van der Waals surface area contributed by atoms with E-state index < -0.39 is 10.0 Å². The molecule has 0 radical (unpaired) electrons. The van der Waals surface area contributed by atoms with Crippen molar-refractivity contribution in [3.63, 3.8) is 0 Å². The van der Waals surface area contributed by atoms with Crippen molar-refractivity contribution >= 4 is 54.9 Å². The molecule has 0 spiro atoms. The Hall–Kier alpha value is -4.63. The molecule has 0 aliphatic carbocycles. The molecule has 1 heterocycles. The molecule has 234 valence electrons. The normalized spacial score (nSPS) is 12.3. The Bertz CT molecular complexity index is 2080. The molecule has 0 aliphatic heterocycles. The molecule has 6 aromatic rings. The molecule has 5 aromatic carbocycles. The molecule has 7 nitrogen and oxygen atoms in total. The summed E-state index contributed by atoms with van der Waals surface area (Å²) in [6.07, 6.45) is 1.75. The van der Waals surface area contributed by atoms with E-state index in [0.29, 0.717) is 18.6 Å². The van der Waals surface area contributed by atoms with E-state index in [1.807, 2.05) is 84.9 Å². The number of halogens is 1. The van der Waals surface area contributed by atoms with E-state index in [2.05, 4.69) is 28.5 Å². The van der Waals surface area contributed by atoms with Gasteiger partial charge in [-0.05, 0) is 47.5 Å². The number of para-hydroxylation sites is 1. The lowest BCUT2D eigenvalue weighted by atomic mass is 10.0. The molecular weight excluding hydrogens is 618 g/mol. The molecule has 1 aromatic heterocycles. The Kier molecular flexibility index (Phi) is 9.40. The van der Waals surface area contributed by atoms with E-state index in [0.717, 1.165) is 39.6 Å². The summed E-state index contributed by atoms with van der Waals surface area (Å²) in [5, 5.41) is 5.97. The Morgan fingerprint density at radius 1 is 0.848 bits per heavy atom. The number of aromatic amines is 1. The molecule has 1 atom stereocenters. The minimum absolute atomic E-state index is 0.0409. The zero-order valence-corrected chi connectivity index (χ0v) is 26.9. The molecule has 0 bridgehead atoms. The van der Waals surface area contributed by atoms with Crippen LogP contribution in [0, 0.1) is 0 Å². The summed E-state index contributed by atoms with van der Waals surface area (Å²) >= 11 is 6.49. The van der Waals surface area contributed by atoms with Crippen LogP contribution in [-0.4, -0.2) is 38.6 Å². The van der Waals surface area contributed by atoms with Gasteiger partial charge in [-0.2, -0.15) is 0 Å². The van der Waals surface area contributed by atoms with Gasteiger partial charge in [0.25, 0.3) is 0 Å². The van der Waals surface area contributed by atoms with Crippen molar-refractivity contribution in [3.05, 3.63) is 143 Å². The molecule has 9 heteroatoms. The van der Waals surface area contributed by atoms with Crippen molar-refractivity contribution in [1.29, 1.82) is 0 Å². The fourth-order valence-electron chi connectivity index (χ4n) is 5.62. The summed E-state index contributed by atoms with van der Waals surface area (Å²) in [5.41, 5.74) is 4.56. The van der Waals surface area contributed by atoms with Crippen LogP contribution in [0.15, 0.2) is 121 Å². The van der Waals surface area contributed by atoms with Crippen LogP contribution < -0.4 is 14.4 Å². The monoisotopic (exact) mass is 651 g/mol. The third-order valence-electron chi connectivity index (χ3n) is 7.97. The summed E-state index contributed by atoms with van der Waals surface area (Å²) in [6, 6.07) is 38.0. The van der Waals surface area contributed by atoms with Crippen LogP contribution in [0.3, 0.4) is 0 Å². The lowest BCUT2D eigenvalue weighted by molar-refractivity contribution is 0.0985. The maximum Gasteiger partial charge on any atom is 0.232 e. The van der Waals surface area contributed by atoms with Gasteiger partial charge < -0.3 is 15.0 Å². The van der Waals surface area contributed by atoms with Crippen molar-refractivity contribution in [2.75, 3.05) is 23.7 Å². The third kappa shape index (κ3) is 7.26. The number of fused-ring (bicyclic) bond motifs is 3. The quantitative estimate of drug-likeness (QED) is 0.124. The highest BCUT2D eigenvalue weighted by atomic mass is 35.5. The zero-order valence-electron chi connectivity index (χ0n) is 25.3. The number of ether oxygens (including phenoxy) is 1. The Morgan fingerprint density at radius 3 is 2.30 bits per heavy atom. The van der Waals surface area contributed by atoms with Crippen molar-refractivity contribution < 1.29 is 17.9 Å². The van der Waals surface area contributed by atoms with Crippen LogP contribution in [0.2, 0.25) is 5.02 Å². The Balaban J connectivity index is 1.15. The zero-order chi connectivity index (χ0) is 32.1. The van der Waals surface area contributed by atoms with E-state index in [-0.39, 0.29) is 35.6 Å². The Morgan fingerprint density at radius 2 is 1.54 bits per heavy atom. The first-order chi connectivity index (χ1) is 22.3. The summed E-state index contributed by atoms with van der Waals surface area (Å²) < 4.78 is 33.0. The van der Waals surface area contributed by atoms with Gasteiger partial charge in [-0.3, -0.25) is 9.10 Å². The van der Waals surface area contributed by atoms with Gasteiger partial charge in [0.1, 0.15) is 5.75 Å². The molecule has 0 amide bonds. The molecule has 0 fully saturated rings. The highest BCUT2D eigenvalue weighted by Crippen LogP contribution is 2.31. The number of aromatic nitrogens is 1. The van der Waals surface area contributed by atoms with Gasteiger partial charge in [-0.1, -0.05) is 90.5 Å². The average molecular weight is 652 g/mol. The van der Waals surface area contributed by atoms with E-state index in [9.17, 15) is 13.2 Å². The number of H-pyrrole nitrogens is 1. The van der Waals surface area contributed by atoms with Crippen molar-refractivity contribution in [2.24, 2.45) is 0 Å². The van der Waals surface area contributed by atoms with E-state index in [1.54, 1.807) is 18.2 Å². The lowest BCUT2D eigenvalue weighted by Crippen LogP contribution is -2.31. The number of ketones is 1. The van der Waals surface area contributed by atoms with Gasteiger partial charge in [0.2, 0.25) is 10.0 Å². The number of carbonyl (C=O) groups excluding carboxylic acids is 1. The average Bonchev–Trinajstić information content (AvgIpc) is 3.44. The van der Waals surface area contributed by atoms with Crippen LogP contribution in [0.1, 0.15) is 33.9 Å². The molecular formula is C37H34ClN3O4S. The number of anilines is 1. The number of nitrogens with zero attached hydrogens (tertiary/aromatic N) is 1. The molecule has 0 saturated carbocycles. The van der Waals surface area contributed by atoms with Crippen LogP contribution in [0.4, 0.5) is 5.69 Å². The lowest BCUT2D eigenvalue weighted by Gasteiger charge is -2.24. The van der Waals surface area contributed by atoms with Crippen molar-refractivity contribution in [1.82, 2.24) is 10.3 Å². The number of nitrogens with one attached hydrogen (secondary N) is 2. The van der Waals surface area contributed by atoms with E-state index in [4.69, 9.17) is 16.3 Å². The molecule has 2 N–H and O–H groups in total. The molecule has 0 aliphatic rings. The summed E-state index contributed by atoms with van der Waals surface area (Å²) in [6.45, 7) is 0.568. The predicted molar refractivity (Wildman–Crippen MR) is 186 cm³/mol. The number of rotatable bonds is 13. The topological polar surface area (TPSA) is 91.5 Å². The number of Topliss-reactive ketones (excluding diaryl/α,β-unsaturated/α-hetero) is 1. The summed E-state index contributed by atoms with van der Waals surface area (Å²) in [4.78, 5) is 16.9. The molecule has 0 saturated heterocycles. The van der Waals surface area contributed by atoms with Gasteiger partial charge in [0.05, 0.1) is 42.2 Å². The van der Waals surface area contributed by atoms with Crippen LogP contribution >= 0.6 is 11.6 Å². The van der Waals surface area contributed by atoms with Crippen molar-refractivity contribution in [3.8, 4) is 5.75 Å². The number of sulfonamides is 1. The van der Waals surface area contributed by atoms with Crippen LogP contribution in [0.5, 0.6) is 5.75 Å². The molecule has 6 rings (SSSR count). The van der Waals surface area contributed by atoms with Gasteiger partial charge in [-0.15, -0.1) is 0 Å². The molecule has 1 unspecified atom stereocenters. The van der Waals surface area contributed by atoms with Gasteiger partial charge in [-0.25, -0.2) is 8.42 Å². The van der Waals surface area contributed by atoms with Gasteiger partial charge in [0, 0.05) is 40.4 Å².